The van der Waals surface area contributed by atoms with Gasteiger partial charge in [-0.15, -0.1) is 0 Å². The fourth-order valence-electron chi connectivity index (χ4n) is 0.964. The standard InChI is InChI=1S/C8H10FN3/c1-7-8(5-10)6-12(11-7)4-2-3-9/h6H,2-4H2,1H3. The molecule has 0 saturated carbocycles. The molecule has 0 aliphatic rings. The zero-order chi connectivity index (χ0) is 8.97. The Labute approximate surface area is 70.4 Å². The summed E-state index contributed by atoms with van der Waals surface area (Å²) < 4.78 is 13.4. The van der Waals surface area contributed by atoms with Gasteiger partial charge in [0.1, 0.15) is 6.07 Å². The van der Waals surface area contributed by atoms with Gasteiger partial charge >= 0.3 is 0 Å². The van der Waals surface area contributed by atoms with Crippen LogP contribution in [0.25, 0.3) is 0 Å². The molecule has 12 heavy (non-hydrogen) atoms. The first kappa shape index (κ1) is 8.72. The smallest absolute Gasteiger partial charge is 0.103 e. The summed E-state index contributed by atoms with van der Waals surface area (Å²) in [5.74, 6) is 0. The summed E-state index contributed by atoms with van der Waals surface area (Å²) in [7, 11) is 0. The van der Waals surface area contributed by atoms with E-state index < -0.39 is 0 Å². The van der Waals surface area contributed by atoms with Gasteiger partial charge in [0.05, 0.1) is 17.9 Å². The fourth-order valence-corrected chi connectivity index (χ4v) is 0.964. The van der Waals surface area contributed by atoms with E-state index in [0.29, 0.717) is 24.2 Å². The zero-order valence-corrected chi connectivity index (χ0v) is 6.92. The number of nitriles is 1. The highest BCUT2D eigenvalue weighted by molar-refractivity contribution is 5.29. The predicted octanol–water partition coefficient (Wildman–Crippen LogP) is 1.42. The summed E-state index contributed by atoms with van der Waals surface area (Å²) in [4.78, 5) is 0. The Balaban J connectivity index is 2.70. The van der Waals surface area contributed by atoms with Gasteiger partial charge in [0.25, 0.3) is 0 Å². The van der Waals surface area contributed by atoms with Gasteiger partial charge in [0, 0.05) is 12.7 Å². The van der Waals surface area contributed by atoms with Gasteiger partial charge in [0.15, 0.2) is 0 Å². The van der Waals surface area contributed by atoms with Crippen molar-refractivity contribution in [2.45, 2.75) is 19.9 Å². The van der Waals surface area contributed by atoms with Crippen molar-refractivity contribution in [3.05, 3.63) is 17.5 Å². The van der Waals surface area contributed by atoms with E-state index in [-0.39, 0.29) is 6.67 Å². The number of alkyl halides is 1. The van der Waals surface area contributed by atoms with E-state index in [1.165, 1.54) is 0 Å². The zero-order valence-electron chi connectivity index (χ0n) is 6.92. The van der Waals surface area contributed by atoms with Crippen molar-refractivity contribution >= 4 is 0 Å². The molecule has 4 heteroatoms. The van der Waals surface area contributed by atoms with E-state index >= 15 is 0 Å². The molecule has 1 heterocycles. The summed E-state index contributed by atoms with van der Waals surface area (Å²) in [6.45, 7) is 1.96. The molecule has 0 spiro atoms. The molecule has 0 amide bonds. The number of aryl methyl sites for hydroxylation is 2. The summed E-state index contributed by atoms with van der Waals surface area (Å²) in [6, 6.07) is 2.01. The van der Waals surface area contributed by atoms with E-state index in [9.17, 15) is 4.39 Å². The Morgan fingerprint density at radius 2 is 2.50 bits per heavy atom. The molecule has 0 aromatic carbocycles. The van der Waals surface area contributed by atoms with E-state index in [0.717, 1.165) is 0 Å². The number of hydrogen-bond acceptors (Lipinski definition) is 2. The second-order valence-electron chi connectivity index (χ2n) is 2.55. The highest BCUT2D eigenvalue weighted by atomic mass is 19.1. The SMILES string of the molecule is Cc1nn(CCCF)cc1C#N. The number of nitrogens with zero attached hydrogens (tertiary/aromatic N) is 3. The molecule has 0 atom stereocenters. The molecule has 0 saturated heterocycles. The van der Waals surface area contributed by atoms with Gasteiger partial charge in [-0.3, -0.25) is 9.07 Å². The number of hydrogen-bond donors (Lipinski definition) is 0. The van der Waals surface area contributed by atoms with Crippen LogP contribution in [0.4, 0.5) is 4.39 Å². The third-order valence-corrected chi connectivity index (χ3v) is 1.59. The molecule has 0 aliphatic carbocycles. The molecule has 1 rings (SSSR count). The molecule has 1 aromatic rings. The second kappa shape index (κ2) is 3.86. The second-order valence-corrected chi connectivity index (χ2v) is 2.55. The largest absolute Gasteiger partial charge is 0.271 e. The Morgan fingerprint density at radius 3 is 3.00 bits per heavy atom. The Bertz CT molecular complexity index is 298. The molecule has 0 N–H and O–H groups in total. The van der Waals surface area contributed by atoms with Crippen LogP contribution < -0.4 is 0 Å². The van der Waals surface area contributed by atoms with Crippen molar-refractivity contribution < 1.29 is 4.39 Å². The highest BCUT2D eigenvalue weighted by Gasteiger charge is 2.02. The normalized spacial score (nSPS) is 9.75. The van der Waals surface area contributed by atoms with Crippen molar-refractivity contribution in [1.82, 2.24) is 9.78 Å². The van der Waals surface area contributed by atoms with Gasteiger partial charge in [-0.2, -0.15) is 10.4 Å². The number of rotatable bonds is 3. The quantitative estimate of drug-likeness (QED) is 0.683. The average molecular weight is 167 g/mol. The molecule has 0 radical (unpaired) electrons. The van der Waals surface area contributed by atoms with Crippen molar-refractivity contribution in [3.8, 4) is 6.07 Å². The minimum Gasteiger partial charge on any atom is -0.271 e. The van der Waals surface area contributed by atoms with Crippen LogP contribution in [-0.2, 0) is 6.54 Å². The van der Waals surface area contributed by atoms with E-state index in [1.807, 2.05) is 6.07 Å². The first-order chi connectivity index (χ1) is 5.77. The Hall–Kier alpha value is -1.37. The van der Waals surface area contributed by atoms with Crippen molar-refractivity contribution in [1.29, 1.82) is 5.26 Å². The molecule has 64 valence electrons. The van der Waals surface area contributed by atoms with Crippen molar-refractivity contribution in [2.75, 3.05) is 6.67 Å². The van der Waals surface area contributed by atoms with E-state index in [1.54, 1.807) is 17.8 Å². The monoisotopic (exact) mass is 167 g/mol. The molecule has 3 nitrogen and oxygen atoms in total. The maximum Gasteiger partial charge on any atom is 0.103 e. The summed E-state index contributed by atoms with van der Waals surface area (Å²) in [6.07, 6.45) is 2.09. The first-order valence-corrected chi connectivity index (χ1v) is 3.78. The molecule has 0 bridgehead atoms. The van der Waals surface area contributed by atoms with Crippen molar-refractivity contribution in [2.24, 2.45) is 0 Å². The number of halogens is 1. The van der Waals surface area contributed by atoms with Crippen LogP contribution in [0.5, 0.6) is 0 Å². The minimum absolute atomic E-state index is 0.346. The summed E-state index contributed by atoms with van der Waals surface area (Å²) in [5, 5.41) is 12.6. The first-order valence-electron chi connectivity index (χ1n) is 3.78. The van der Waals surface area contributed by atoms with Gasteiger partial charge in [0.2, 0.25) is 0 Å². The average Bonchev–Trinajstić information content (AvgIpc) is 2.43. The molecule has 0 fully saturated rings. The maximum atomic E-state index is 11.8. The predicted molar refractivity (Wildman–Crippen MR) is 42.3 cm³/mol. The third-order valence-electron chi connectivity index (χ3n) is 1.59. The molecular weight excluding hydrogens is 157 g/mol. The number of aromatic nitrogens is 2. The van der Waals surface area contributed by atoms with Crippen LogP contribution in [0.2, 0.25) is 0 Å². The van der Waals surface area contributed by atoms with Crippen LogP contribution in [0.1, 0.15) is 17.7 Å². The van der Waals surface area contributed by atoms with Crippen LogP contribution in [0, 0.1) is 18.3 Å². The molecule has 1 aromatic heterocycles. The van der Waals surface area contributed by atoms with Crippen LogP contribution >= 0.6 is 0 Å². The van der Waals surface area contributed by atoms with Gasteiger partial charge in [-0.25, -0.2) is 0 Å². The van der Waals surface area contributed by atoms with Gasteiger partial charge in [-0.05, 0) is 13.3 Å². The maximum absolute atomic E-state index is 11.8. The molecular formula is C8H10FN3. The molecule has 0 unspecified atom stereocenters. The molecule has 0 aliphatic heterocycles. The minimum atomic E-state index is -0.346. The lowest BCUT2D eigenvalue weighted by Gasteiger charge is -1.95. The van der Waals surface area contributed by atoms with Crippen molar-refractivity contribution in [3.63, 3.8) is 0 Å². The fraction of sp³-hybridized carbons (Fsp3) is 0.500. The van der Waals surface area contributed by atoms with Crippen LogP contribution in [-0.4, -0.2) is 16.5 Å². The Morgan fingerprint density at radius 1 is 1.75 bits per heavy atom. The summed E-state index contributed by atoms with van der Waals surface area (Å²) in [5.41, 5.74) is 1.27. The lowest BCUT2D eigenvalue weighted by molar-refractivity contribution is 0.434. The Kier molecular flexibility index (Phi) is 2.81. The van der Waals surface area contributed by atoms with Gasteiger partial charge < -0.3 is 0 Å². The van der Waals surface area contributed by atoms with E-state index in [2.05, 4.69) is 5.10 Å². The lowest BCUT2D eigenvalue weighted by Crippen LogP contribution is -1.99. The van der Waals surface area contributed by atoms with Crippen LogP contribution in [0.3, 0.4) is 0 Å². The van der Waals surface area contributed by atoms with Gasteiger partial charge in [-0.1, -0.05) is 0 Å². The van der Waals surface area contributed by atoms with E-state index in [4.69, 9.17) is 5.26 Å². The third kappa shape index (κ3) is 1.82. The highest BCUT2D eigenvalue weighted by Crippen LogP contribution is 2.03. The van der Waals surface area contributed by atoms with Crippen LogP contribution in [0.15, 0.2) is 6.20 Å². The lowest BCUT2D eigenvalue weighted by atomic mass is 10.3. The summed E-state index contributed by atoms with van der Waals surface area (Å²) >= 11 is 0. The topological polar surface area (TPSA) is 41.6 Å².